The Bertz CT molecular complexity index is 903. The number of aromatic nitrogens is 2. The molecule has 0 saturated carbocycles. The molecule has 0 fully saturated rings. The lowest BCUT2D eigenvalue weighted by Gasteiger charge is -2.11. The van der Waals surface area contributed by atoms with E-state index in [-0.39, 0.29) is 7.43 Å². The van der Waals surface area contributed by atoms with Gasteiger partial charge in [-0.3, -0.25) is 0 Å². The maximum absolute atomic E-state index is 6.25. The highest BCUT2D eigenvalue weighted by Crippen LogP contribution is 2.28. The molecule has 0 radical (unpaired) electrons. The van der Waals surface area contributed by atoms with Gasteiger partial charge in [-0.1, -0.05) is 31.2 Å². The number of halogens is 1. The van der Waals surface area contributed by atoms with Crippen molar-refractivity contribution >= 4 is 52.2 Å². The highest BCUT2D eigenvalue weighted by Gasteiger charge is 2.08. The summed E-state index contributed by atoms with van der Waals surface area (Å²) >= 11 is 8.06. The van der Waals surface area contributed by atoms with E-state index in [0.717, 1.165) is 29.4 Å². The van der Waals surface area contributed by atoms with Crippen molar-refractivity contribution in [3.8, 4) is 0 Å². The molecule has 7 heteroatoms. The van der Waals surface area contributed by atoms with Gasteiger partial charge in [-0.2, -0.15) is 4.98 Å². The van der Waals surface area contributed by atoms with Gasteiger partial charge in [0.05, 0.1) is 6.20 Å². The summed E-state index contributed by atoms with van der Waals surface area (Å²) in [5.41, 5.74) is 2.92. The van der Waals surface area contributed by atoms with E-state index < -0.39 is 0 Å². The lowest BCUT2D eigenvalue weighted by Crippen LogP contribution is -2.04. The van der Waals surface area contributed by atoms with Crippen LogP contribution in [0.5, 0.6) is 0 Å². The van der Waals surface area contributed by atoms with Crippen LogP contribution in [0.1, 0.15) is 7.43 Å². The summed E-state index contributed by atoms with van der Waals surface area (Å²) in [6.45, 7) is 0.877. The molecule has 3 aromatic rings. The number of fused-ring (bicyclic) bond motifs is 6. The van der Waals surface area contributed by atoms with Crippen LogP contribution in [0.3, 0.4) is 0 Å². The third kappa shape index (κ3) is 4.39. The minimum Gasteiger partial charge on any atom is -0.384 e. The lowest BCUT2D eigenvalue weighted by atomic mass is 10.3. The summed E-state index contributed by atoms with van der Waals surface area (Å²) in [5.74, 6) is 2.03. The van der Waals surface area contributed by atoms with Crippen LogP contribution in [-0.4, -0.2) is 22.3 Å². The van der Waals surface area contributed by atoms with E-state index in [1.807, 2.05) is 36.4 Å². The maximum atomic E-state index is 6.25. The fraction of sp³-hybridized carbons (Fsp3) is 0.158. The Hall–Kier alpha value is -2.44. The number of nitrogens with zero attached hydrogens (tertiary/aromatic N) is 2. The van der Waals surface area contributed by atoms with Crippen molar-refractivity contribution in [3.05, 3.63) is 59.8 Å². The van der Waals surface area contributed by atoms with Crippen molar-refractivity contribution in [3.63, 3.8) is 0 Å². The number of hydrogen-bond donors (Lipinski definition) is 3. The van der Waals surface area contributed by atoms with Gasteiger partial charge in [0.2, 0.25) is 5.95 Å². The minimum absolute atomic E-state index is 0. The molecule has 1 aliphatic heterocycles. The molecule has 0 amide bonds. The molecule has 4 rings (SSSR count). The highest BCUT2D eigenvalue weighted by atomic mass is 35.5. The summed E-state index contributed by atoms with van der Waals surface area (Å²) in [6.07, 6.45) is 1.60. The van der Waals surface area contributed by atoms with Crippen molar-refractivity contribution in [1.29, 1.82) is 0 Å². The van der Waals surface area contributed by atoms with Crippen molar-refractivity contribution < 1.29 is 0 Å². The van der Waals surface area contributed by atoms with Crippen LogP contribution in [0.15, 0.2) is 59.6 Å². The smallest absolute Gasteiger partial charge is 0.229 e. The predicted molar refractivity (Wildman–Crippen MR) is 112 cm³/mol. The average Bonchev–Trinajstić information content (AvgIpc) is 2.62. The summed E-state index contributed by atoms with van der Waals surface area (Å²) < 4.78 is 0. The molecule has 2 aromatic carbocycles. The van der Waals surface area contributed by atoms with E-state index in [2.05, 4.69) is 38.1 Å². The zero-order chi connectivity index (χ0) is 17.1. The van der Waals surface area contributed by atoms with E-state index in [9.17, 15) is 0 Å². The first-order valence-corrected chi connectivity index (χ1v) is 9.26. The molecule has 0 saturated heterocycles. The van der Waals surface area contributed by atoms with E-state index in [1.165, 1.54) is 4.90 Å². The van der Waals surface area contributed by atoms with Gasteiger partial charge in [-0.15, -0.1) is 11.8 Å². The van der Waals surface area contributed by atoms with Gasteiger partial charge < -0.3 is 16.0 Å². The second kappa shape index (κ2) is 8.29. The minimum atomic E-state index is 0. The van der Waals surface area contributed by atoms with E-state index >= 15 is 0 Å². The second-order valence-electron chi connectivity index (χ2n) is 5.52. The van der Waals surface area contributed by atoms with Gasteiger partial charge in [0, 0.05) is 34.3 Å². The number of rotatable bonds is 0. The molecule has 0 unspecified atom stereocenters. The number of benzene rings is 2. The van der Waals surface area contributed by atoms with Gasteiger partial charge in [0.1, 0.15) is 5.02 Å². The van der Waals surface area contributed by atoms with Crippen LogP contribution in [0.4, 0.5) is 28.8 Å². The maximum Gasteiger partial charge on any atom is 0.229 e. The number of hydrogen-bond acceptors (Lipinski definition) is 6. The van der Waals surface area contributed by atoms with Crippen molar-refractivity contribution in [2.75, 3.05) is 28.2 Å². The number of anilines is 5. The zero-order valence-corrected chi connectivity index (χ0v) is 14.9. The topological polar surface area (TPSA) is 61.9 Å². The Morgan fingerprint density at radius 2 is 1.73 bits per heavy atom. The first-order chi connectivity index (χ1) is 12.3. The van der Waals surface area contributed by atoms with Crippen LogP contribution < -0.4 is 16.0 Å². The van der Waals surface area contributed by atoms with Crippen LogP contribution in [0.2, 0.25) is 5.02 Å². The normalized spacial score (nSPS) is 13.0. The largest absolute Gasteiger partial charge is 0.384 e. The monoisotopic (exact) mass is 385 g/mol. The Morgan fingerprint density at radius 3 is 2.62 bits per heavy atom. The SMILES string of the molecule is C.Clc1cnc2nc1Nc1cccc(c1)SCCNc1cccc(c1)N2. The molecule has 26 heavy (non-hydrogen) atoms. The summed E-state index contributed by atoms with van der Waals surface area (Å²) in [5, 5.41) is 10.4. The molecule has 3 N–H and O–H groups in total. The Morgan fingerprint density at radius 1 is 0.962 bits per heavy atom. The van der Waals surface area contributed by atoms with Crippen molar-refractivity contribution in [2.45, 2.75) is 12.3 Å². The summed E-state index contributed by atoms with van der Waals surface area (Å²) in [7, 11) is 0. The molecule has 0 spiro atoms. The van der Waals surface area contributed by atoms with Gasteiger partial charge in [-0.05, 0) is 36.4 Å². The average molecular weight is 386 g/mol. The van der Waals surface area contributed by atoms with Crippen LogP contribution in [-0.2, 0) is 0 Å². The van der Waals surface area contributed by atoms with Crippen LogP contribution in [0, 0.1) is 0 Å². The molecule has 6 bridgehead atoms. The quantitative estimate of drug-likeness (QED) is 0.456. The van der Waals surface area contributed by atoms with E-state index in [1.54, 1.807) is 18.0 Å². The molecular formula is C19H20ClN5S. The fourth-order valence-corrected chi connectivity index (χ4v) is 3.48. The highest BCUT2D eigenvalue weighted by molar-refractivity contribution is 7.99. The summed E-state index contributed by atoms with van der Waals surface area (Å²) in [4.78, 5) is 9.95. The molecule has 2 heterocycles. The third-order valence-corrected chi connectivity index (χ3v) is 4.93. The standard InChI is InChI=1S/C18H16ClN5S.CH4/c19-16-11-21-18-23-13-4-1-3-12(9-13)20-7-8-25-15-6-2-5-14(10-15)22-17(16)24-18;/h1-6,9-11,20H,7-8H2,(H2,21,22,23,24);1H4. The molecule has 1 aromatic heterocycles. The lowest BCUT2D eigenvalue weighted by molar-refractivity contribution is 1.16. The Kier molecular flexibility index (Phi) is 5.85. The molecule has 134 valence electrons. The van der Waals surface area contributed by atoms with Crippen molar-refractivity contribution in [1.82, 2.24) is 9.97 Å². The van der Waals surface area contributed by atoms with E-state index in [4.69, 9.17) is 11.6 Å². The number of nitrogens with one attached hydrogen (secondary N) is 3. The van der Waals surface area contributed by atoms with Crippen LogP contribution in [0.25, 0.3) is 0 Å². The third-order valence-electron chi connectivity index (χ3n) is 3.66. The second-order valence-corrected chi connectivity index (χ2v) is 7.10. The Labute approximate surface area is 162 Å². The Balaban J connectivity index is 0.00000196. The first kappa shape index (κ1) is 18.4. The van der Waals surface area contributed by atoms with Gasteiger partial charge in [0.15, 0.2) is 5.82 Å². The van der Waals surface area contributed by atoms with Crippen molar-refractivity contribution in [2.24, 2.45) is 0 Å². The molecular weight excluding hydrogens is 366 g/mol. The van der Waals surface area contributed by atoms with E-state index in [0.29, 0.717) is 16.8 Å². The summed E-state index contributed by atoms with van der Waals surface area (Å²) in [6, 6.07) is 16.3. The molecule has 5 nitrogen and oxygen atoms in total. The number of thioether (sulfide) groups is 1. The van der Waals surface area contributed by atoms with Gasteiger partial charge in [-0.25, -0.2) is 4.98 Å². The molecule has 0 aliphatic carbocycles. The van der Waals surface area contributed by atoms with Crippen LogP contribution >= 0.6 is 23.4 Å². The van der Waals surface area contributed by atoms with Gasteiger partial charge in [0.25, 0.3) is 0 Å². The fourth-order valence-electron chi connectivity index (χ4n) is 2.52. The first-order valence-electron chi connectivity index (χ1n) is 7.90. The zero-order valence-electron chi connectivity index (χ0n) is 13.3. The molecule has 0 atom stereocenters. The predicted octanol–water partition coefficient (Wildman–Crippen LogP) is 5.77. The molecule has 1 aliphatic rings. The van der Waals surface area contributed by atoms with Gasteiger partial charge >= 0.3 is 0 Å².